The second kappa shape index (κ2) is 6.66. The number of benzene rings is 1. The van der Waals surface area contributed by atoms with Gasteiger partial charge in [0, 0.05) is 39.0 Å². The fraction of sp³-hybridized carbons (Fsp3) is 0.533. The molecule has 1 fully saturated rings. The molecule has 105 valence electrons. The first kappa shape index (κ1) is 14.0. The van der Waals surface area contributed by atoms with E-state index in [-0.39, 0.29) is 0 Å². The zero-order valence-corrected chi connectivity index (χ0v) is 11.7. The number of nitrogens with two attached hydrogens (primary N) is 1. The number of hydrogen-bond acceptors (Lipinski definition) is 4. The predicted molar refractivity (Wildman–Crippen MR) is 81.5 cm³/mol. The molecule has 0 aliphatic carbocycles. The van der Waals surface area contributed by atoms with Crippen LogP contribution in [0.4, 0.5) is 17.1 Å². The van der Waals surface area contributed by atoms with Crippen molar-refractivity contribution in [1.29, 1.82) is 0 Å². The topological polar surface area (TPSA) is 50.5 Å². The van der Waals surface area contributed by atoms with E-state index in [0.717, 1.165) is 31.1 Å². The van der Waals surface area contributed by atoms with Crippen molar-refractivity contribution in [3.05, 3.63) is 25.1 Å². The largest absolute Gasteiger partial charge is 0.397 e. The molecule has 1 aliphatic rings. The third-order valence-corrected chi connectivity index (χ3v) is 3.78. The summed E-state index contributed by atoms with van der Waals surface area (Å²) in [6, 6.07) is 6.20. The first-order chi connectivity index (χ1) is 9.24. The van der Waals surface area contributed by atoms with Gasteiger partial charge in [0.25, 0.3) is 0 Å². The summed E-state index contributed by atoms with van der Waals surface area (Å²) in [4.78, 5) is 2.42. The Bertz CT molecular complexity index is 400. The fourth-order valence-electron chi connectivity index (χ4n) is 2.57. The molecule has 0 saturated carbocycles. The number of ether oxygens (including phenoxy) is 1. The summed E-state index contributed by atoms with van der Waals surface area (Å²) in [6.45, 7) is 7.29. The van der Waals surface area contributed by atoms with Crippen molar-refractivity contribution in [3.8, 4) is 0 Å². The Hall–Kier alpha value is -1.42. The summed E-state index contributed by atoms with van der Waals surface area (Å²) in [5.74, 6) is 0.676. The smallest absolute Gasteiger partial charge is 0.0592 e. The second-order valence-corrected chi connectivity index (χ2v) is 5.03. The van der Waals surface area contributed by atoms with Gasteiger partial charge in [-0.1, -0.05) is 0 Å². The lowest BCUT2D eigenvalue weighted by molar-refractivity contribution is 0.111. The van der Waals surface area contributed by atoms with Gasteiger partial charge in [-0.15, -0.1) is 0 Å². The van der Waals surface area contributed by atoms with E-state index in [1.165, 1.54) is 18.5 Å². The van der Waals surface area contributed by atoms with Gasteiger partial charge >= 0.3 is 0 Å². The van der Waals surface area contributed by atoms with E-state index in [0.29, 0.717) is 12.5 Å². The van der Waals surface area contributed by atoms with Gasteiger partial charge in [0.1, 0.15) is 0 Å². The first-order valence-corrected chi connectivity index (χ1v) is 6.93. The molecule has 4 heteroatoms. The third kappa shape index (κ3) is 3.53. The number of nitrogens with zero attached hydrogens (tertiary/aromatic N) is 1. The molecule has 3 N–H and O–H groups in total. The Kier molecular flexibility index (Phi) is 4.91. The van der Waals surface area contributed by atoms with Gasteiger partial charge in [0.2, 0.25) is 0 Å². The highest BCUT2D eigenvalue weighted by atomic mass is 16.5. The highest BCUT2D eigenvalue weighted by Crippen LogP contribution is 2.28. The first-order valence-electron chi connectivity index (χ1n) is 6.93. The van der Waals surface area contributed by atoms with E-state index < -0.39 is 0 Å². The quantitative estimate of drug-likeness (QED) is 0.800. The second-order valence-electron chi connectivity index (χ2n) is 5.03. The van der Waals surface area contributed by atoms with Crippen LogP contribution in [-0.2, 0) is 4.74 Å². The summed E-state index contributed by atoms with van der Waals surface area (Å²) in [5.41, 5.74) is 8.94. The average Bonchev–Trinajstić information content (AvgIpc) is 2.46. The van der Waals surface area contributed by atoms with Crippen LogP contribution in [0.25, 0.3) is 0 Å². The molecule has 0 spiro atoms. The molecule has 0 amide bonds. The molecule has 1 radical (unpaired) electrons. The fourth-order valence-corrected chi connectivity index (χ4v) is 2.57. The Morgan fingerprint density at radius 1 is 1.42 bits per heavy atom. The molecule has 1 saturated heterocycles. The third-order valence-electron chi connectivity index (χ3n) is 3.78. The van der Waals surface area contributed by atoms with Gasteiger partial charge in [-0.2, -0.15) is 0 Å². The molecular weight excluding hydrogens is 238 g/mol. The van der Waals surface area contributed by atoms with E-state index in [1.54, 1.807) is 0 Å². The van der Waals surface area contributed by atoms with Crippen molar-refractivity contribution in [2.24, 2.45) is 5.92 Å². The summed E-state index contributed by atoms with van der Waals surface area (Å²) >= 11 is 0. The van der Waals surface area contributed by atoms with Crippen LogP contribution in [0.2, 0.25) is 0 Å². The molecule has 0 unspecified atom stereocenters. The number of piperidine rings is 1. The van der Waals surface area contributed by atoms with Crippen LogP contribution in [0.5, 0.6) is 0 Å². The van der Waals surface area contributed by atoms with Crippen LogP contribution in [0.1, 0.15) is 12.8 Å². The molecule has 0 aromatic heterocycles. The molecule has 0 bridgehead atoms. The lowest BCUT2D eigenvalue weighted by atomic mass is 9.97. The van der Waals surface area contributed by atoms with Gasteiger partial charge in [-0.05, 0) is 43.9 Å². The van der Waals surface area contributed by atoms with Gasteiger partial charge in [0.15, 0.2) is 0 Å². The van der Waals surface area contributed by atoms with Crippen LogP contribution >= 0.6 is 0 Å². The molecular formula is C15H24N3O. The van der Waals surface area contributed by atoms with Crippen molar-refractivity contribution >= 4 is 17.1 Å². The minimum absolute atomic E-state index is 0.573. The Morgan fingerprint density at radius 3 is 2.79 bits per heavy atom. The minimum Gasteiger partial charge on any atom is -0.397 e. The summed E-state index contributed by atoms with van der Waals surface area (Å²) < 4.78 is 5.41. The molecule has 1 aliphatic heterocycles. The summed E-state index contributed by atoms with van der Waals surface area (Å²) in [7, 11) is 1.90. The molecule has 1 aromatic carbocycles. The molecule has 19 heavy (non-hydrogen) atoms. The standard InChI is InChI=1S/C15H24N3O/c1-3-19-11-12-6-8-18(9-7-12)13-4-5-14(16)15(10-13)17-2/h4-5,10,12,17H,1,3,6-9,11,16H2,2H3. The maximum Gasteiger partial charge on any atom is 0.0592 e. The Labute approximate surface area is 115 Å². The van der Waals surface area contributed by atoms with Crippen LogP contribution < -0.4 is 16.0 Å². The number of rotatable bonds is 5. The molecule has 4 nitrogen and oxygen atoms in total. The predicted octanol–water partition coefficient (Wildman–Crippen LogP) is 2.38. The van der Waals surface area contributed by atoms with Crippen molar-refractivity contribution in [2.45, 2.75) is 12.8 Å². The number of nitrogens with one attached hydrogen (secondary N) is 1. The number of nitrogen functional groups attached to an aromatic ring is 1. The monoisotopic (exact) mass is 262 g/mol. The molecule has 0 atom stereocenters. The number of hydrogen-bond donors (Lipinski definition) is 2. The summed E-state index contributed by atoms with van der Waals surface area (Å²) in [5, 5.41) is 3.13. The lowest BCUT2D eigenvalue weighted by Crippen LogP contribution is -2.35. The highest BCUT2D eigenvalue weighted by Gasteiger charge is 2.19. The van der Waals surface area contributed by atoms with E-state index in [1.807, 2.05) is 13.1 Å². The SMILES string of the molecule is [CH2]COCC1CCN(c2ccc(N)c(NC)c2)CC1. The van der Waals surface area contributed by atoms with E-state index in [2.05, 4.69) is 29.3 Å². The van der Waals surface area contributed by atoms with E-state index >= 15 is 0 Å². The maximum absolute atomic E-state index is 5.90. The van der Waals surface area contributed by atoms with Gasteiger partial charge < -0.3 is 20.7 Å². The Morgan fingerprint density at radius 2 is 2.16 bits per heavy atom. The van der Waals surface area contributed by atoms with Crippen molar-refractivity contribution in [3.63, 3.8) is 0 Å². The molecule has 1 heterocycles. The maximum atomic E-state index is 5.90. The average molecular weight is 262 g/mol. The van der Waals surface area contributed by atoms with Gasteiger partial charge in [-0.3, -0.25) is 0 Å². The van der Waals surface area contributed by atoms with E-state index in [4.69, 9.17) is 10.5 Å². The zero-order chi connectivity index (χ0) is 13.7. The highest BCUT2D eigenvalue weighted by molar-refractivity contribution is 5.72. The summed E-state index contributed by atoms with van der Waals surface area (Å²) in [6.07, 6.45) is 2.36. The van der Waals surface area contributed by atoms with Crippen LogP contribution in [0.3, 0.4) is 0 Å². The van der Waals surface area contributed by atoms with Crippen LogP contribution in [0.15, 0.2) is 18.2 Å². The molecule has 2 rings (SSSR count). The van der Waals surface area contributed by atoms with Crippen LogP contribution in [0, 0.1) is 12.8 Å². The normalized spacial score (nSPS) is 16.6. The Balaban J connectivity index is 1.94. The number of anilines is 3. The van der Waals surface area contributed by atoms with Crippen molar-refractivity contribution < 1.29 is 4.74 Å². The van der Waals surface area contributed by atoms with Gasteiger partial charge in [0.05, 0.1) is 11.4 Å². The van der Waals surface area contributed by atoms with Crippen LogP contribution in [-0.4, -0.2) is 33.4 Å². The minimum atomic E-state index is 0.573. The van der Waals surface area contributed by atoms with Crippen molar-refractivity contribution in [2.75, 3.05) is 49.3 Å². The lowest BCUT2D eigenvalue weighted by Gasteiger charge is -2.33. The molecule has 1 aromatic rings. The van der Waals surface area contributed by atoms with Gasteiger partial charge in [-0.25, -0.2) is 0 Å². The van der Waals surface area contributed by atoms with Crippen molar-refractivity contribution in [1.82, 2.24) is 0 Å². The van der Waals surface area contributed by atoms with E-state index in [9.17, 15) is 0 Å². The zero-order valence-electron chi connectivity index (χ0n) is 11.7.